The van der Waals surface area contributed by atoms with Gasteiger partial charge in [-0.3, -0.25) is 4.79 Å². The molecule has 1 amide bonds. The number of amides is 1. The van der Waals surface area contributed by atoms with E-state index in [0.717, 1.165) is 0 Å². The van der Waals surface area contributed by atoms with Gasteiger partial charge in [0.25, 0.3) is 5.91 Å². The summed E-state index contributed by atoms with van der Waals surface area (Å²) in [6.07, 6.45) is 1.30. The zero-order valence-corrected chi connectivity index (χ0v) is 9.90. The van der Waals surface area contributed by atoms with E-state index in [-0.39, 0.29) is 11.5 Å². The van der Waals surface area contributed by atoms with Gasteiger partial charge in [-0.25, -0.2) is 0 Å². The number of rotatable bonds is 4. The van der Waals surface area contributed by atoms with E-state index in [0.29, 0.717) is 17.8 Å². The molecule has 0 spiro atoms. The van der Waals surface area contributed by atoms with Crippen molar-refractivity contribution in [3.63, 3.8) is 0 Å². The topological polar surface area (TPSA) is 88.7 Å². The Kier molecular flexibility index (Phi) is 4.96. The molecule has 0 atom stereocenters. The van der Waals surface area contributed by atoms with Crippen LogP contribution in [0.2, 0.25) is 0 Å². The lowest BCUT2D eigenvalue weighted by Crippen LogP contribution is -2.22. The Morgan fingerprint density at radius 1 is 1.39 bits per heavy atom. The van der Waals surface area contributed by atoms with Crippen molar-refractivity contribution in [3.8, 4) is 12.1 Å². The van der Waals surface area contributed by atoms with Crippen LogP contribution < -0.4 is 10.6 Å². The van der Waals surface area contributed by atoms with Crippen LogP contribution in [0.15, 0.2) is 36.0 Å². The highest BCUT2D eigenvalue weighted by atomic mass is 16.1. The molecule has 0 fully saturated rings. The molecule has 0 unspecified atom stereocenters. The van der Waals surface area contributed by atoms with Gasteiger partial charge in [-0.05, 0) is 25.1 Å². The van der Waals surface area contributed by atoms with Crippen LogP contribution in [0, 0.1) is 22.7 Å². The van der Waals surface area contributed by atoms with Crippen LogP contribution in [0.1, 0.15) is 17.3 Å². The second kappa shape index (κ2) is 6.72. The third-order valence-electron chi connectivity index (χ3n) is 2.09. The van der Waals surface area contributed by atoms with Crippen LogP contribution >= 0.6 is 0 Å². The van der Waals surface area contributed by atoms with Gasteiger partial charge in [-0.2, -0.15) is 10.5 Å². The van der Waals surface area contributed by atoms with E-state index in [4.69, 9.17) is 10.5 Å². The third kappa shape index (κ3) is 3.66. The molecule has 0 radical (unpaired) electrons. The maximum absolute atomic E-state index is 11.6. The number of nitrogens with zero attached hydrogens (tertiary/aromatic N) is 2. The predicted molar refractivity (Wildman–Crippen MR) is 67.4 cm³/mol. The average molecular weight is 240 g/mol. The van der Waals surface area contributed by atoms with E-state index in [1.165, 1.54) is 6.20 Å². The number of hydrogen-bond donors (Lipinski definition) is 2. The molecule has 0 aliphatic carbocycles. The van der Waals surface area contributed by atoms with E-state index in [9.17, 15) is 4.79 Å². The van der Waals surface area contributed by atoms with Crippen LogP contribution in [0.25, 0.3) is 0 Å². The SMILES string of the molecule is CCNC(=O)c1cccc(NC=C(C#N)C#N)c1. The Labute approximate surface area is 105 Å². The zero-order valence-electron chi connectivity index (χ0n) is 9.90. The maximum atomic E-state index is 11.6. The van der Waals surface area contributed by atoms with Gasteiger partial charge in [-0.1, -0.05) is 6.07 Å². The van der Waals surface area contributed by atoms with Gasteiger partial charge in [0.2, 0.25) is 0 Å². The summed E-state index contributed by atoms with van der Waals surface area (Å²) in [6.45, 7) is 2.40. The molecule has 0 heterocycles. The summed E-state index contributed by atoms with van der Waals surface area (Å²) >= 11 is 0. The number of allylic oxidation sites excluding steroid dienone is 1. The Bertz CT molecular complexity index is 533. The molecule has 0 aliphatic heterocycles. The largest absolute Gasteiger partial charge is 0.360 e. The van der Waals surface area contributed by atoms with Gasteiger partial charge >= 0.3 is 0 Å². The second-order valence-corrected chi connectivity index (χ2v) is 3.37. The second-order valence-electron chi connectivity index (χ2n) is 3.37. The van der Waals surface area contributed by atoms with Crippen molar-refractivity contribution < 1.29 is 4.79 Å². The van der Waals surface area contributed by atoms with E-state index in [1.807, 2.05) is 6.92 Å². The molecule has 0 bridgehead atoms. The summed E-state index contributed by atoms with van der Waals surface area (Å²) in [5, 5.41) is 22.6. The minimum atomic E-state index is -0.161. The Morgan fingerprint density at radius 3 is 2.72 bits per heavy atom. The first kappa shape index (κ1) is 13.3. The fraction of sp³-hybridized carbons (Fsp3) is 0.154. The normalized spacial score (nSPS) is 8.61. The first-order valence-electron chi connectivity index (χ1n) is 5.36. The predicted octanol–water partition coefficient (Wildman–Crippen LogP) is 1.78. The van der Waals surface area contributed by atoms with Crippen molar-refractivity contribution in [2.75, 3.05) is 11.9 Å². The highest BCUT2D eigenvalue weighted by molar-refractivity contribution is 5.95. The molecule has 0 aromatic heterocycles. The Balaban J connectivity index is 2.84. The summed E-state index contributed by atoms with van der Waals surface area (Å²) in [7, 11) is 0. The van der Waals surface area contributed by atoms with E-state index < -0.39 is 0 Å². The fourth-order valence-electron chi connectivity index (χ4n) is 1.26. The van der Waals surface area contributed by atoms with E-state index in [1.54, 1.807) is 36.4 Å². The molecular weight excluding hydrogens is 228 g/mol. The molecule has 1 aromatic carbocycles. The van der Waals surface area contributed by atoms with Crippen molar-refractivity contribution in [3.05, 3.63) is 41.6 Å². The molecule has 5 nitrogen and oxygen atoms in total. The zero-order chi connectivity index (χ0) is 13.4. The lowest BCUT2D eigenvalue weighted by Gasteiger charge is -2.05. The number of hydrogen-bond acceptors (Lipinski definition) is 4. The number of nitrogens with one attached hydrogen (secondary N) is 2. The molecule has 2 N–H and O–H groups in total. The van der Waals surface area contributed by atoms with Gasteiger partial charge in [-0.15, -0.1) is 0 Å². The quantitative estimate of drug-likeness (QED) is 0.785. The lowest BCUT2D eigenvalue weighted by atomic mass is 10.2. The molecule has 90 valence electrons. The van der Waals surface area contributed by atoms with Crippen LogP contribution in [0.5, 0.6) is 0 Å². The van der Waals surface area contributed by atoms with E-state index >= 15 is 0 Å². The average Bonchev–Trinajstić information content (AvgIpc) is 2.40. The summed E-state index contributed by atoms with van der Waals surface area (Å²) in [4.78, 5) is 11.6. The van der Waals surface area contributed by atoms with Gasteiger partial charge < -0.3 is 10.6 Å². The number of carbonyl (C=O) groups excluding carboxylic acids is 1. The summed E-state index contributed by atoms with van der Waals surface area (Å²) < 4.78 is 0. The fourth-order valence-corrected chi connectivity index (χ4v) is 1.26. The number of carbonyl (C=O) groups is 1. The molecule has 0 aliphatic rings. The van der Waals surface area contributed by atoms with Crippen molar-refractivity contribution >= 4 is 11.6 Å². The van der Waals surface area contributed by atoms with Crippen LogP contribution in [-0.2, 0) is 0 Å². The molecule has 0 saturated heterocycles. The highest BCUT2D eigenvalue weighted by Gasteiger charge is 2.03. The van der Waals surface area contributed by atoms with Crippen molar-refractivity contribution in [2.45, 2.75) is 6.92 Å². The third-order valence-corrected chi connectivity index (χ3v) is 2.09. The Morgan fingerprint density at radius 2 is 2.11 bits per heavy atom. The van der Waals surface area contributed by atoms with Crippen LogP contribution in [0.3, 0.4) is 0 Å². The summed E-state index contributed by atoms with van der Waals surface area (Å²) in [5.41, 5.74) is 1.13. The first-order chi connectivity index (χ1) is 8.71. The van der Waals surface area contributed by atoms with Gasteiger partial charge in [0.05, 0.1) is 0 Å². The monoisotopic (exact) mass is 240 g/mol. The first-order valence-corrected chi connectivity index (χ1v) is 5.36. The Hall–Kier alpha value is -2.79. The standard InChI is InChI=1S/C13H12N4O/c1-2-16-13(18)11-4-3-5-12(6-11)17-9-10(7-14)8-15/h3-6,9,17H,2H2,1H3,(H,16,18). The van der Waals surface area contributed by atoms with Gasteiger partial charge in [0, 0.05) is 24.0 Å². The molecule has 5 heteroatoms. The van der Waals surface area contributed by atoms with Crippen molar-refractivity contribution in [2.24, 2.45) is 0 Å². The molecule has 1 rings (SSSR count). The van der Waals surface area contributed by atoms with E-state index in [2.05, 4.69) is 10.6 Å². The maximum Gasteiger partial charge on any atom is 0.251 e. The number of anilines is 1. The van der Waals surface area contributed by atoms with Crippen molar-refractivity contribution in [1.82, 2.24) is 5.32 Å². The van der Waals surface area contributed by atoms with Crippen LogP contribution in [-0.4, -0.2) is 12.5 Å². The smallest absolute Gasteiger partial charge is 0.251 e. The molecule has 0 saturated carbocycles. The summed E-state index contributed by atoms with van der Waals surface area (Å²) in [5.74, 6) is -0.161. The minimum Gasteiger partial charge on any atom is -0.360 e. The van der Waals surface area contributed by atoms with Crippen molar-refractivity contribution in [1.29, 1.82) is 10.5 Å². The van der Waals surface area contributed by atoms with Crippen LogP contribution in [0.4, 0.5) is 5.69 Å². The highest BCUT2D eigenvalue weighted by Crippen LogP contribution is 2.11. The molecular formula is C13H12N4O. The van der Waals surface area contributed by atoms with Gasteiger partial charge in [0.15, 0.2) is 0 Å². The minimum absolute atomic E-state index is 0.0292. The molecule has 1 aromatic rings. The number of nitriles is 2. The lowest BCUT2D eigenvalue weighted by molar-refractivity contribution is 0.0956. The van der Waals surface area contributed by atoms with Gasteiger partial charge in [0.1, 0.15) is 17.7 Å². The number of benzene rings is 1. The molecule has 18 heavy (non-hydrogen) atoms. The summed E-state index contributed by atoms with van der Waals surface area (Å²) in [6, 6.07) is 10.3.